The molecule has 0 saturated carbocycles. The molecule has 9 rings (SSSR count). The summed E-state index contributed by atoms with van der Waals surface area (Å²) in [5.41, 5.74) is 6.96. The summed E-state index contributed by atoms with van der Waals surface area (Å²) in [6, 6.07) is 40.8. The molecule has 8 aromatic rings. The van der Waals surface area contributed by atoms with Crippen LogP contribution in [-0.2, 0) is 6.42 Å². The van der Waals surface area contributed by atoms with Crippen molar-refractivity contribution in [2.75, 3.05) is 0 Å². The summed E-state index contributed by atoms with van der Waals surface area (Å²) in [7, 11) is 0. The Balaban J connectivity index is 1.46. The lowest BCUT2D eigenvalue weighted by Gasteiger charge is -2.16. The summed E-state index contributed by atoms with van der Waals surface area (Å²) in [4.78, 5) is 0. The predicted molar refractivity (Wildman–Crippen MR) is 167 cm³/mol. The highest BCUT2D eigenvalue weighted by atomic mass is 15.4. The van der Waals surface area contributed by atoms with Gasteiger partial charge in [0.1, 0.15) is 0 Å². The molecule has 1 aliphatic rings. The van der Waals surface area contributed by atoms with E-state index >= 15 is 0 Å². The van der Waals surface area contributed by atoms with Crippen molar-refractivity contribution in [2.45, 2.75) is 12.8 Å². The van der Waals surface area contributed by atoms with E-state index in [4.69, 9.17) is 10.2 Å². The first-order valence-electron chi connectivity index (χ1n) is 14.1. The molecule has 0 spiro atoms. The smallest absolute Gasteiger partial charge is 0.242 e. The number of rotatable bonds is 3. The van der Waals surface area contributed by atoms with Gasteiger partial charge in [-0.25, -0.2) is 4.57 Å². The van der Waals surface area contributed by atoms with Crippen LogP contribution in [0.2, 0.25) is 0 Å². The van der Waals surface area contributed by atoms with Crippen molar-refractivity contribution in [3.63, 3.8) is 0 Å². The van der Waals surface area contributed by atoms with E-state index in [2.05, 4.69) is 141 Å². The van der Waals surface area contributed by atoms with Gasteiger partial charge in [-0.05, 0) is 54.1 Å². The third kappa shape index (κ3) is 3.11. The van der Waals surface area contributed by atoms with Crippen molar-refractivity contribution in [3.05, 3.63) is 133 Å². The SMILES string of the molecule is C1=Cc2c(c3ccccc3n2-c2nnc(-n3c4ccccc4c4ccc5ccccc5c43)n2-c2ccccc2)CC1. The van der Waals surface area contributed by atoms with Crippen LogP contribution in [0.15, 0.2) is 121 Å². The topological polar surface area (TPSA) is 40.6 Å². The van der Waals surface area contributed by atoms with Gasteiger partial charge in [0.15, 0.2) is 0 Å². The molecule has 0 amide bonds. The maximum absolute atomic E-state index is 4.98. The van der Waals surface area contributed by atoms with Crippen molar-refractivity contribution in [3.8, 4) is 17.6 Å². The first-order chi connectivity index (χ1) is 20.4. The Labute approximate surface area is 236 Å². The highest BCUT2D eigenvalue weighted by Gasteiger charge is 2.26. The zero-order valence-electron chi connectivity index (χ0n) is 22.3. The number of nitrogens with zero attached hydrogens (tertiary/aromatic N) is 5. The molecule has 0 N–H and O–H groups in total. The van der Waals surface area contributed by atoms with Crippen molar-refractivity contribution in [1.82, 2.24) is 23.9 Å². The number of hydrogen-bond acceptors (Lipinski definition) is 2. The molecule has 0 bridgehead atoms. The first-order valence-corrected chi connectivity index (χ1v) is 14.1. The molecule has 0 atom stereocenters. The predicted octanol–water partition coefficient (Wildman–Crippen LogP) is 8.42. The highest BCUT2D eigenvalue weighted by Crippen LogP contribution is 2.38. The van der Waals surface area contributed by atoms with Crippen LogP contribution in [0.3, 0.4) is 0 Å². The Hall–Kier alpha value is -5.42. The monoisotopic (exact) mass is 527 g/mol. The van der Waals surface area contributed by atoms with E-state index in [0.29, 0.717) is 0 Å². The van der Waals surface area contributed by atoms with Gasteiger partial charge in [-0.15, -0.1) is 10.2 Å². The summed E-state index contributed by atoms with van der Waals surface area (Å²) in [5.74, 6) is 1.54. The molecule has 3 aromatic heterocycles. The molecule has 3 heterocycles. The minimum atomic E-state index is 0.764. The Kier molecular flexibility index (Phi) is 4.66. The van der Waals surface area contributed by atoms with Crippen LogP contribution in [0.5, 0.6) is 0 Å². The highest BCUT2D eigenvalue weighted by molar-refractivity contribution is 6.18. The van der Waals surface area contributed by atoms with E-state index in [-0.39, 0.29) is 0 Å². The molecular formula is C36H25N5. The molecule has 5 aromatic carbocycles. The van der Waals surface area contributed by atoms with Gasteiger partial charge >= 0.3 is 0 Å². The Morgan fingerprint density at radius 2 is 1.17 bits per heavy atom. The van der Waals surface area contributed by atoms with Crippen LogP contribution in [-0.4, -0.2) is 23.9 Å². The van der Waals surface area contributed by atoms with Gasteiger partial charge in [0.25, 0.3) is 0 Å². The number of aromatic nitrogens is 5. The summed E-state index contributed by atoms with van der Waals surface area (Å²) >= 11 is 0. The summed E-state index contributed by atoms with van der Waals surface area (Å²) in [6.07, 6.45) is 6.58. The molecule has 5 nitrogen and oxygen atoms in total. The Morgan fingerprint density at radius 3 is 2.00 bits per heavy atom. The third-order valence-corrected chi connectivity index (χ3v) is 8.46. The van der Waals surface area contributed by atoms with Crippen molar-refractivity contribution < 1.29 is 0 Å². The summed E-state index contributed by atoms with van der Waals surface area (Å²) in [6.45, 7) is 0. The number of aryl methyl sites for hydroxylation is 1. The van der Waals surface area contributed by atoms with Gasteiger partial charge in [0.05, 0.1) is 27.9 Å². The van der Waals surface area contributed by atoms with E-state index in [0.717, 1.165) is 47.0 Å². The lowest BCUT2D eigenvalue weighted by atomic mass is 10.0. The molecule has 1 aliphatic carbocycles. The fourth-order valence-electron chi connectivity index (χ4n) is 6.71. The maximum Gasteiger partial charge on any atom is 0.242 e. The fraction of sp³-hybridized carbons (Fsp3) is 0.0556. The van der Waals surface area contributed by atoms with E-state index in [1.165, 1.54) is 38.2 Å². The van der Waals surface area contributed by atoms with E-state index in [9.17, 15) is 0 Å². The maximum atomic E-state index is 4.98. The van der Waals surface area contributed by atoms with Crippen LogP contribution < -0.4 is 0 Å². The minimum Gasteiger partial charge on any atom is -0.278 e. The molecule has 41 heavy (non-hydrogen) atoms. The van der Waals surface area contributed by atoms with E-state index in [1.807, 2.05) is 0 Å². The molecule has 0 unspecified atom stereocenters. The second-order valence-electron chi connectivity index (χ2n) is 10.7. The number of benzene rings is 5. The largest absolute Gasteiger partial charge is 0.278 e. The molecule has 0 radical (unpaired) electrons. The zero-order valence-corrected chi connectivity index (χ0v) is 22.3. The van der Waals surface area contributed by atoms with E-state index < -0.39 is 0 Å². The van der Waals surface area contributed by atoms with Crippen molar-refractivity contribution in [1.29, 1.82) is 0 Å². The first kappa shape index (κ1) is 22.4. The molecule has 0 aliphatic heterocycles. The van der Waals surface area contributed by atoms with Crippen LogP contribution in [0.4, 0.5) is 0 Å². The molecule has 5 heteroatoms. The second kappa shape index (κ2) is 8.54. The number of para-hydroxylation sites is 3. The second-order valence-corrected chi connectivity index (χ2v) is 10.7. The molecule has 194 valence electrons. The standard InChI is InChI=1S/C36H25N5/c1-2-13-25(14-3-1)39-35(40-31-19-9-6-16-27(31)28-17-7-10-20-32(28)40)37-38-36(39)41-33-21-11-8-18-29(33)30-23-22-24-12-4-5-15-26(24)34(30)41/h1-6,8-16,18-23H,7,17H2. The van der Waals surface area contributed by atoms with E-state index in [1.54, 1.807) is 0 Å². The third-order valence-electron chi connectivity index (χ3n) is 8.46. The molecule has 0 saturated heterocycles. The van der Waals surface area contributed by atoms with Crippen molar-refractivity contribution in [2.24, 2.45) is 0 Å². The van der Waals surface area contributed by atoms with Crippen LogP contribution in [0.25, 0.3) is 67.1 Å². The van der Waals surface area contributed by atoms with Crippen LogP contribution >= 0.6 is 0 Å². The lowest BCUT2D eigenvalue weighted by Crippen LogP contribution is -2.11. The van der Waals surface area contributed by atoms with Gasteiger partial charge in [-0.3, -0.25) is 9.13 Å². The van der Waals surface area contributed by atoms with Crippen molar-refractivity contribution >= 4 is 49.6 Å². The van der Waals surface area contributed by atoms with Gasteiger partial charge in [0, 0.05) is 21.5 Å². The number of allylic oxidation sites excluding steroid dienone is 1. The van der Waals surface area contributed by atoms with Gasteiger partial charge in [-0.1, -0.05) is 97.1 Å². The summed E-state index contributed by atoms with van der Waals surface area (Å²) in [5, 5.41) is 16.0. The van der Waals surface area contributed by atoms with Gasteiger partial charge in [0.2, 0.25) is 11.9 Å². The Bertz CT molecular complexity index is 2310. The quantitative estimate of drug-likeness (QED) is 0.231. The number of fused-ring (bicyclic) bond motifs is 8. The number of hydrogen-bond donors (Lipinski definition) is 0. The fourth-order valence-corrected chi connectivity index (χ4v) is 6.71. The van der Waals surface area contributed by atoms with Crippen LogP contribution in [0.1, 0.15) is 17.7 Å². The summed E-state index contributed by atoms with van der Waals surface area (Å²) < 4.78 is 6.79. The normalized spacial score (nSPS) is 13.1. The molecule has 0 fully saturated rings. The zero-order chi connectivity index (χ0) is 26.9. The van der Waals surface area contributed by atoms with Gasteiger partial charge in [-0.2, -0.15) is 0 Å². The average molecular weight is 528 g/mol. The molecular weight excluding hydrogens is 502 g/mol. The Morgan fingerprint density at radius 1 is 0.512 bits per heavy atom. The minimum absolute atomic E-state index is 0.764. The van der Waals surface area contributed by atoms with Gasteiger partial charge < -0.3 is 0 Å². The lowest BCUT2D eigenvalue weighted by molar-refractivity contribution is 0.872. The van der Waals surface area contributed by atoms with Crippen LogP contribution in [0, 0.1) is 0 Å². The average Bonchev–Trinajstić information content (AvgIpc) is 3.71.